The number of aromatic carboxylic acids is 1. The van der Waals surface area contributed by atoms with Crippen LogP contribution in [0.25, 0.3) is 21.8 Å². The lowest BCUT2D eigenvalue weighted by Gasteiger charge is -2.10. The Balaban J connectivity index is 1.64. The minimum atomic E-state index is -0.959. The van der Waals surface area contributed by atoms with Gasteiger partial charge < -0.3 is 9.84 Å². The monoisotopic (exact) mass is 387 g/mol. The van der Waals surface area contributed by atoms with Gasteiger partial charge in [0, 0.05) is 16.5 Å². The van der Waals surface area contributed by atoms with Gasteiger partial charge >= 0.3 is 5.97 Å². The average Bonchev–Trinajstić information content (AvgIpc) is 3.23. The van der Waals surface area contributed by atoms with Crippen molar-refractivity contribution in [2.45, 2.75) is 6.61 Å². The van der Waals surface area contributed by atoms with Crippen molar-refractivity contribution in [2.75, 3.05) is 0 Å². The molecule has 0 spiro atoms. The maximum atomic E-state index is 11.5. The highest BCUT2D eigenvalue weighted by Crippen LogP contribution is 2.35. The number of hydrogen-bond donors (Lipinski definition) is 1. The number of carbonyl (C=O) groups is 1. The third-order valence-electron chi connectivity index (χ3n) is 4.29. The summed E-state index contributed by atoms with van der Waals surface area (Å²) in [5, 5.41) is 12.0. The Kier molecular flexibility index (Phi) is 5.17. The van der Waals surface area contributed by atoms with E-state index >= 15 is 0 Å². The maximum Gasteiger partial charge on any atom is 0.336 e. The van der Waals surface area contributed by atoms with Crippen molar-refractivity contribution in [3.05, 3.63) is 95.4 Å². The van der Waals surface area contributed by atoms with Crippen LogP contribution in [-0.2, 0) is 6.61 Å². The van der Waals surface area contributed by atoms with Crippen LogP contribution in [0.1, 0.15) is 15.9 Å². The average molecular weight is 387 g/mol. The first-order valence-electron chi connectivity index (χ1n) is 8.77. The highest BCUT2D eigenvalue weighted by Gasteiger charge is 2.16. The summed E-state index contributed by atoms with van der Waals surface area (Å²) < 4.78 is 6.03. The lowest BCUT2D eigenvalue weighted by atomic mass is 10.1. The second-order valence-electron chi connectivity index (χ2n) is 6.16. The molecule has 5 heteroatoms. The van der Waals surface area contributed by atoms with E-state index in [9.17, 15) is 9.90 Å². The van der Waals surface area contributed by atoms with Gasteiger partial charge in [0.15, 0.2) is 0 Å². The molecule has 1 heterocycles. The highest BCUT2D eigenvalue weighted by atomic mass is 32.1. The molecule has 0 bridgehead atoms. The Labute approximate surface area is 166 Å². The fraction of sp³-hybridized carbons (Fsp3) is 0.0435. The molecular formula is C23H17NO3S. The number of para-hydroxylation sites is 1. The number of carboxylic acid groups (broad SMARTS) is 1. The summed E-state index contributed by atoms with van der Waals surface area (Å²) in [6.45, 7) is 0.469. The van der Waals surface area contributed by atoms with Crippen LogP contribution in [0.3, 0.4) is 0 Å². The van der Waals surface area contributed by atoms with Crippen molar-refractivity contribution in [3.8, 4) is 27.6 Å². The van der Waals surface area contributed by atoms with Crippen molar-refractivity contribution in [1.82, 2.24) is 4.98 Å². The van der Waals surface area contributed by atoms with Gasteiger partial charge in [-0.2, -0.15) is 0 Å². The van der Waals surface area contributed by atoms with Crippen LogP contribution in [0.2, 0.25) is 0 Å². The van der Waals surface area contributed by atoms with E-state index in [4.69, 9.17) is 4.74 Å². The largest absolute Gasteiger partial charge is 0.488 e. The number of carboxylic acids is 1. The van der Waals surface area contributed by atoms with E-state index < -0.39 is 5.97 Å². The maximum absolute atomic E-state index is 11.5. The molecule has 138 valence electrons. The molecule has 0 unspecified atom stereocenters. The number of rotatable bonds is 6. The van der Waals surface area contributed by atoms with E-state index in [1.165, 1.54) is 11.3 Å². The van der Waals surface area contributed by atoms with E-state index in [-0.39, 0.29) is 5.56 Å². The zero-order chi connectivity index (χ0) is 19.3. The molecule has 0 saturated carbocycles. The molecule has 0 aliphatic carbocycles. The fourth-order valence-corrected chi connectivity index (χ4v) is 3.78. The molecule has 1 aromatic heterocycles. The van der Waals surface area contributed by atoms with Gasteiger partial charge in [-0.15, -0.1) is 11.3 Å². The third-order valence-corrected chi connectivity index (χ3v) is 5.17. The van der Waals surface area contributed by atoms with Crippen LogP contribution in [0.4, 0.5) is 0 Å². The van der Waals surface area contributed by atoms with E-state index in [0.29, 0.717) is 17.2 Å². The molecule has 0 amide bonds. The van der Waals surface area contributed by atoms with Crippen molar-refractivity contribution in [2.24, 2.45) is 0 Å². The van der Waals surface area contributed by atoms with Gasteiger partial charge in [-0.1, -0.05) is 60.7 Å². The van der Waals surface area contributed by atoms with Gasteiger partial charge in [0.2, 0.25) is 0 Å². The molecular weight excluding hydrogens is 370 g/mol. The van der Waals surface area contributed by atoms with Crippen LogP contribution in [0.15, 0.2) is 84.2 Å². The smallest absolute Gasteiger partial charge is 0.336 e. The Bertz CT molecular complexity index is 1110. The number of hydrogen-bond acceptors (Lipinski definition) is 4. The summed E-state index contributed by atoms with van der Waals surface area (Å²) >= 11 is 1.42. The van der Waals surface area contributed by atoms with E-state index in [1.807, 2.05) is 66.0 Å². The number of benzene rings is 3. The molecule has 0 aliphatic heterocycles. The molecule has 1 N–H and O–H groups in total. The van der Waals surface area contributed by atoms with Crippen LogP contribution in [0, 0.1) is 0 Å². The number of nitrogens with zero attached hydrogens (tertiary/aromatic N) is 1. The number of aromatic nitrogens is 1. The van der Waals surface area contributed by atoms with E-state index in [2.05, 4.69) is 4.98 Å². The van der Waals surface area contributed by atoms with Gasteiger partial charge in [-0.25, -0.2) is 9.78 Å². The Morgan fingerprint density at radius 3 is 2.36 bits per heavy atom. The third kappa shape index (κ3) is 3.80. The van der Waals surface area contributed by atoms with Gasteiger partial charge in [0.05, 0.1) is 11.3 Å². The zero-order valence-electron chi connectivity index (χ0n) is 14.9. The Morgan fingerprint density at radius 1 is 0.893 bits per heavy atom. The summed E-state index contributed by atoms with van der Waals surface area (Å²) in [6.07, 6.45) is 0. The molecule has 0 atom stereocenters. The summed E-state index contributed by atoms with van der Waals surface area (Å²) in [7, 11) is 0. The van der Waals surface area contributed by atoms with Crippen LogP contribution < -0.4 is 4.74 Å². The quantitative estimate of drug-likeness (QED) is 0.457. The minimum absolute atomic E-state index is 0.247. The molecule has 0 fully saturated rings. The molecule has 0 radical (unpaired) electrons. The molecule has 4 rings (SSSR count). The van der Waals surface area contributed by atoms with Crippen molar-refractivity contribution >= 4 is 17.3 Å². The van der Waals surface area contributed by atoms with Crippen LogP contribution in [0.5, 0.6) is 5.75 Å². The van der Waals surface area contributed by atoms with Crippen molar-refractivity contribution in [1.29, 1.82) is 0 Å². The molecule has 4 aromatic rings. The Hall–Kier alpha value is -3.44. The van der Waals surface area contributed by atoms with Crippen LogP contribution >= 0.6 is 11.3 Å². The summed E-state index contributed by atoms with van der Waals surface area (Å²) in [5.74, 6) is -0.214. The molecule has 0 saturated heterocycles. The fourth-order valence-electron chi connectivity index (χ4n) is 2.92. The topological polar surface area (TPSA) is 59.4 Å². The van der Waals surface area contributed by atoms with Gasteiger partial charge in [0.1, 0.15) is 17.4 Å². The second-order valence-corrected chi connectivity index (χ2v) is 7.02. The first kappa shape index (κ1) is 17.9. The normalized spacial score (nSPS) is 10.6. The first-order valence-corrected chi connectivity index (χ1v) is 9.64. The molecule has 3 aromatic carbocycles. The number of ether oxygens (including phenoxy) is 1. The lowest BCUT2D eigenvalue weighted by molar-refractivity contribution is 0.0697. The second kappa shape index (κ2) is 8.06. The van der Waals surface area contributed by atoms with Crippen molar-refractivity contribution < 1.29 is 14.6 Å². The predicted molar refractivity (Wildman–Crippen MR) is 111 cm³/mol. The minimum Gasteiger partial charge on any atom is -0.488 e. The van der Waals surface area contributed by atoms with Gasteiger partial charge in [-0.3, -0.25) is 0 Å². The number of thiazole rings is 1. The zero-order valence-corrected chi connectivity index (χ0v) is 15.7. The van der Waals surface area contributed by atoms with Crippen molar-refractivity contribution in [3.63, 3.8) is 0 Å². The lowest BCUT2D eigenvalue weighted by Crippen LogP contribution is -1.99. The summed E-state index contributed by atoms with van der Waals surface area (Å²) in [4.78, 5) is 16.2. The molecule has 4 nitrogen and oxygen atoms in total. The first-order chi connectivity index (χ1) is 13.7. The van der Waals surface area contributed by atoms with Gasteiger partial charge in [-0.05, 0) is 23.8 Å². The Morgan fingerprint density at radius 2 is 1.57 bits per heavy atom. The standard InChI is InChI=1S/C23H17NO3S/c25-23(26)18-11-5-4-10-17(18)22-24-20(15-28-22)19-12-6-7-13-21(19)27-14-16-8-2-1-3-9-16/h1-13,15H,14H2,(H,25,26). The van der Waals surface area contributed by atoms with E-state index in [1.54, 1.807) is 18.2 Å². The van der Waals surface area contributed by atoms with Crippen LogP contribution in [-0.4, -0.2) is 16.1 Å². The van der Waals surface area contributed by atoms with E-state index in [0.717, 1.165) is 22.6 Å². The highest BCUT2D eigenvalue weighted by molar-refractivity contribution is 7.13. The summed E-state index contributed by atoms with van der Waals surface area (Å²) in [5.41, 5.74) is 3.61. The SMILES string of the molecule is O=C(O)c1ccccc1-c1nc(-c2ccccc2OCc2ccccc2)cs1. The summed E-state index contributed by atoms with van der Waals surface area (Å²) in [6, 6.07) is 24.6. The predicted octanol–water partition coefficient (Wildman–Crippen LogP) is 5.75. The molecule has 0 aliphatic rings. The van der Waals surface area contributed by atoms with Gasteiger partial charge in [0.25, 0.3) is 0 Å². The molecule has 28 heavy (non-hydrogen) atoms.